The maximum absolute atomic E-state index is 6.12. The minimum atomic E-state index is -0.100. The molecule has 3 heteroatoms. The van der Waals surface area contributed by atoms with Gasteiger partial charge in [-0.25, -0.2) is 0 Å². The van der Waals surface area contributed by atoms with Crippen molar-refractivity contribution >= 4 is 11.8 Å². The molecular formula is C15H21NOS. The van der Waals surface area contributed by atoms with Gasteiger partial charge >= 0.3 is 0 Å². The second-order valence-electron chi connectivity index (χ2n) is 5.92. The van der Waals surface area contributed by atoms with Crippen LogP contribution in [0.5, 0.6) is 5.75 Å². The predicted molar refractivity (Wildman–Crippen MR) is 77.1 cm³/mol. The minimum Gasteiger partial charge on any atom is -0.487 e. The van der Waals surface area contributed by atoms with Crippen molar-refractivity contribution in [1.82, 2.24) is 5.32 Å². The van der Waals surface area contributed by atoms with E-state index in [1.165, 1.54) is 17.7 Å². The molecule has 2 unspecified atom stereocenters. The van der Waals surface area contributed by atoms with E-state index in [0.717, 1.165) is 12.2 Å². The van der Waals surface area contributed by atoms with Crippen molar-refractivity contribution in [3.8, 4) is 5.75 Å². The van der Waals surface area contributed by atoms with E-state index in [9.17, 15) is 0 Å². The lowest BCUT2D eigenvalue weighted by molar-refractivity contribution is 0.0580. The summed E-state index contributed by atoms with van der Waals surface area (Å²) >= 11 is 2.05. The largest absolute Gasteiger partial charge is 0.487 e. The van der Waals surface area contributed by atoms with Gasteiger partial charge in [-0.15, -0.1) is 11.8 Å². The van der Waals surface area contributed by atoms with Crippen molar-refractivity contribution in [2.24, 2.45) is 0 Å². The Labute approximate surface area is 113 Å². The molecule has 2 heterocycles. The first kappa shape index (κ1) is 12.4. The Balaban J connectivity index is 2.04. The van der Waals surface area contributed by atoms with Gasteiger partial charge in [-0.3, -0.25) is 5.32 Å². The van der Waals surface area contributed by atoms with Gasteiger partial charge in [0.1, 0.15) is 11.4 Å². The van der Waals surface area contributed by atoms with Crippen LogP contribution in [0, 0.1) is 0 Å². The van der Waals surface area contributed by atoms with Crippen LogP contribution in [-0.2, 0) is 4.87 Å². The van der Waals surface area contributed by atoms with E-state index in [2.05, 4.69) is 62.1 Å². The van der Waals surface area contributed by atoms with E-state index < -0.39 is 0 Å². The highest BCUT2D eigenvalue weighted by Gasteiger charge is 2.49. The number of ether oxygens (including phenoxy) is 1. The summed E-state index contributed by atoms with van der Waals surface area (Å²) in [4.78, 5) is 0.0546. The average Bonchev–Trinajstić information content (AvgIpc) is 2.71. The van der Waals surface area contributed by atoms with E-state index in [1.54, 1.807) is 0 Å². The molecule has 3 rings (SSSR count). The van der Waals surface area contributed by atoms with E-state index >= 15 is 0 Å². The normalized spacial score (nSPS) is 33.2. The summed E-state index contributed by atoms with van der Waals surface area (Å²) in [6, 6.07) is 9.11. The maximum Gasteiger partial charge on any atom is 0.126 e. The molecule has 0 saturated carbocycles. The minimum absolute atomic E-state index is 0.0546. The molecule has 0 aliphatic carbocycles. The average molecular weight is 263 g/mol. The van der Waals surface area contributed by atoms with Crippen molar-refractivity contribution in [1.29, 1.82) is 0 Å². The van der Waals surface area contributed by atoms with Crippen molar-refractivity contribution in [3.63, 3.8) is 0 Å². The van der Waals surface area contributed by atoms with Gasteiger partial charge in [-0.1, -0.05) is 25.1 Å². The molecule has 2 atom stereocenters. The summed E-state index contributed by atoms with van der Waals surface area (Å²) in [5, 5.41) is 3.85. The standard InChI is InChI=1S/C15H21NOS/c1-4-11-9-18-15(16-11)10-14(2,3)17-13-8-6-5-7-12(13)15/h5-8,11,16H,4,9-10H2,1-3H3. The van der Waals surface area contributed by atoms with Crippen LogP contribution in [-0.4, -0.2) is 17.4 Å². The third-order valence-electron chi connectivity index (χ3n) is 3.84. The highest BCUT2D eigenvalue weighted by Crippen LogP contribution is 2.52. The Bertz CT molecular complexity index is 460. The third kappa shape index (κ3) is 1.94. The molecule has 1 aromatic carbocycles. The second-order valence-corrected chi connectivity index (χ2v) is 7.24. The highest BCUT2D eigenvalue weighted by molar-refractivity contribution is 8.00. The monoisotopic (exact) mass is 263 g/mol. The zero-order valence-electron chi connectivity index (χ0n) is 11.3. The van der Waals surface area contributed by atoms with Crippen LogP contribution in [0.25, 0.3) is 0 Å². The predicted octanol–water partition coefficient (Wildman–Crippen LogP) is 3.52. The van der Waals surface area contributed by atoms with Crippen LogP contribution < -0.4 is 10.1 Å². The molecule has 18 heavy (non-hydrogen) atoms. The van der Waals surface area contributed by atoms with Gasteiger partial charge in [0.2, 0.25) is 0 Å². The quantitative estimate of drug-likeness (QED) is 0.837. The molecule has 1 aromatic rings. The molecule has 0 bridgehead atoms. The van der Waals surface area contributed by atoms with Gasteiger partial charge < -0.3 is 4.74 Å². The van der Waals surface area contributed by atoms with E-state index in [1.807, 2.05) is 0 Å². The lowest BCUT2D eigenvalue weighted by Crippen LogP contribution is -2.49. The zero-order valence-corrected chi connectivity index (χ0v) is 12.1. The maximum atomic E-state index is 6.12. The number of rotatable bonds is 1. The number of hydrogen-bond donors (Lipinski definition) is 1. The lowest BCUT2D eigenvalue weighted by Gasteiger charge is -2.44. The summed E-state index contributed by atoms with van der Waals surface area (Å²) in [6.45, 7) is 6.63. The van der Waals surface area contributed by atoms with Crippen LogP contribution in [0.3, 0.4) is 0 Å². The summed E-state index contributed by atoms with van der Waals surface area (Å²) in [5.41, 5.74) is 1.22. The third-order valence-corrected chi connectivity index (χ3v) is 5.39. The molecule has 1 fully saturated rings. The number of thioether (sulfide) groups is 1. The number of hydrogen-bond acceptors (Lipinski definition) is 3. The summed E-state index contributed by atoms with van der Waals surface area (Å²) < 4.78 is 6.12. The zero-order chi connectivity index (χ0) is 12.8. The highest BCUT2D eigenvalue weighted by atomic mass is 32.2. The van der Waals surface area contributed by atoms with Gasteiger partial charge in [0.05, 0.1) is 4.87 Å². The number of benzene rings is 1. The summed E-state index contributed by atoms with van der Waals surface area (Å²) in [7, 11) is 0. The fourth-order valence-electron chi connectivity index (χ4n) is 3.05. The number of para-hydroxylation sites is 1. The Kier molecular flexibility index (Phi) is 2.87. The number of fused-ring (bicyclic) bond motifs is 2. The molecule has 98 valence electrons. The Morgan fingerprint density at radius 2 is 2.17 bits per heavy atom. The summed E-state index contributed by atoms with van der Waals surface area (Å²) in [6.07, 6.45) is 2.22. The Morgan fingerprint density at radius 1 is 1.39 bits per heavy atom. The Hall–Kier alpha value is -0.670. The fraction of sp³-hybridized carbons (Fsp3) is 0.600. The molecule has 1 saturated heterocycles. The van der Waals surface area contributed by atoms with Crippen molar-refractivity contribution in [2.45, 2.75) is 50.1 Å². The first-order chi connectivity index (χ1) is 8.55. The first-order valence-corrected chi connectivity index (χ1v) is 7.73. The van der Waals surface area contributed by atoms with Crippen LogP contribution in [0.1, 0.15) is 39.2 Å². The molecule has 1 N–H and O–H groups in total. The van der Waals surface area contributed by atoms with Gasteiger partial charge in [0, 0.05) is 23.8 Å². The molecule has 1 spiro atoms. The molecule has 0 aromatic heterocycles. The van der Waals surface area contributed by atoms with Gasteiger partial charge in [0.15, 0.2) is 0 Å². The molecule has 2 aliphatic rings. The SMILES string of the molecule is CCC1CSC2(CC(C)(C)Oc3ccccc32)N1. The molecule has 2 aliphatic heterocycles. The van der Waals surface area contributed by atoms with E-state index in [0.29, 0.717) is 6.04 Å². The molecular weight excluding hydrogens is 242 g/mol. The van der Waals surface area contributed by atoms with Crippen molar-refractivity contribution in [3.05, 3.63) is 29.8 Å². The summed E-state index contributed by atoms with van der Waals surface area (Å²) in [5.74, 6) is 2.24. The molecule has 0 amide bonds. The first-order valence-electron chi connectivity index (χ1n) is 6.75. The Morgan fingerprint density at radius 3 is 2.89 bits per heavy atom. The topological polar surface area (TPSA) is 21.3 Å². The van der Waals surface area contributed by atoms with Crippen molar-refractivity contribution in [2.75, 3.05) is 5.75 Å². The van der Waals surface area contributed by atoms with E-state index in [4.69, 9.17) is 4.74 Å². The molecule has 2 nitrogen and oxygen atoms in total. The smallest absolute Gasteiger partial charge is 0.126 e. The van der Waals surface area contributed by atoms with Gasteiger partial charge in [0.25, 0.3) is 0 Å². The second kappa shape index (κ2) is 4.17. The van der Waals surface area contributed by atoms with Crippen LogP contribution >= 0.6 is 11.8 Å². The van der Waals surface area contributed by atoms with Crippen molar-refractivity contribution < 1.29 is 4.74 Å². The van der Waals surface area contributed by atoms with Crippen LogP contribution in [0.4, 0.5) is 0 Å². The number of nitrogens with one attached hydrogen (secondary N) is 1. The van der Waals surface area contributed by atoms with Gasteiger partial charge in [-0.05, 0) is 26.3 Å². The van der Waals surface area contributed by atoms with E-state index in [-0.39, 0.29) is 10.5 Å². The van der Waals surface area contributed by atoms with Crippen LogP contribution in [0.15, 0.2) is 24.3 Å². The lowest BCUT2D eigenvalue weighted by atomic mass is 9.88. The van der Waals surface area contributed by atoms with Crippen LogP contribution in [0.2, 0.25) is 0 Å². The molecule has 0 radical (unpaired) electrons. The van der Waals surface area contributed by atoms with Gasteiger partial charge in [-0.2, -0.15) is 0 Å². The fourth-order valence-corrected chi connectivity index (χ4v) is 4.88.